The molecule has 0 radical (unpaired) electrons. The zero-order chi connectivity index (χ0) is 20.3. The van der Waals surface area contributed by atoms with E-state index in [0.29, 0.717) is 18.9 Å². The third-order valence-corrected chi connectivity index (χ3v) is 4.46. The van der Waals surface area contributed by atoms with Gasteiger partial charge in [-0.15, -0.1) is 0 Å². The number of aryl methyl sites for hydroxylation is 1. The van der Waals surface area contributed by atoms with E-state index < -0.39 is 11.7 Å². The minimum Gasteiger partial charge on any atom is -0.444 e. The molecule has 3 rings (SSSR count). The third-order valence-electron chi connectivity index (χ3n) is 4.46. The Morgan fingerprint density at radius 3 is 2.54 bits per heavy atom. The van der Waals surface area contributed by atoms with Gasteiger partial charge in [0.25, 0.3) is 0 Å². The van der Waals surface area contributed by atoms with Crippen molar-refractivity contribution < 1.29 is 9.53 Å². The van der Waals surface area contributed by atoms with Gasteiger partial charge in [-0.2, -0.15) is 0 Å². The van der Waals surface area contributed by atoms with Crippen molar-refractivity contribution in [3.05, 3.63) is 59.7 Å². The molecule has 1 aromatic heterocycles. The average molecular weight is 380 g/mol. The van der Waals surface area contributed by atoms with E-state index in [9.17, 15) is 4.79 Å². The van der Waals surface area contributed by atoms with Crippen LogP contribution in [0.3, 0.4) is 0 Å². The van der Waals surface area contributed by atoms with Crippen LogP contribution in [0.1, 0.15) is 37.9 Å². The molecule has 0 aliphatic carbocycles. The fourth-order valence-corrected chi connectivity index (χ4v) is 3.21. The molecule has 1 unspecified atom stereocenters. The Bertz CT molecular complexity index is 955. The number of imidazole rings is 1. The number of carbonyl (C=O) groups is 1. The maximum Gasteiger partial charge on any atom is 0.407 e. The van der Waals surface area contributed by atoms with Gasteiger partial charge in [0, 0.05) is 6.54 Å². The maximum atomic E-state index is 12.2. The van der Waals surface area contributed by atoms with E-state index in [4.69, 9.17) is 10.5 Å². The molecule has 1 heterocycles. The first-order chi connectivity index (χ1) is 13.2. The highest BCUT2D eigenvalue weighted by molar-refractivity contribution is 5.78. The normalized spacial score (nSPS) is 12.7. The highest BCUT2D eigenvalue weighted by Crippen LogP contribution is 2.25. The number of anilines is 1. The lowest BCUT2D eigenvalue weighted by Crippen LogP contribution is -2.36. The lowest BCUT2D eigenvalue weighted by Gasteiger charge is -2.24. The first-order valence-corrected chi connectivity index (χ1v) is 9.48. The van der Waals surface area contributed by atoms with E-state index in [2.05, 4.69) is 41.5 Å². The van der Waals surface area contributed by atoms with Gasteiger partial charge in [0.05, 0.1) is 17.1 Å². The number of aromatic nitrogens is 2. The molecule has 6 nitrogen and oxygen atoms in total. The summed E-state index contributed by atoms with van der Waals surface area (Å²) in [5.74, 6) is 0.435. The van der Waals surface area contributed by atoms with Crippen molar-refractivity contribution in [1.82, 2.24) is 14.9 Å². The molecule has 2 aromatic carbocycles. The molecular formula is C22H28N4O2. The molecule has 3 N–H and O–H groups in total. The summed E-state index contributed by atoms with van der Waals surface area (Å²) in [6, 6.07) is 16.1. The zero-order valence-corrected chi connectivity index (χ0v) is 16.9. The first-order valence-electron chi connectivity index (χ1n) is 9.48. The van der Waals surface area contributed by atoms with Gasteiger partial charge in [0.1, 0.15) is 5.60 Å². The Labute approximate surface area is 165 Å². The number of hydrogen-bond donors (Lipinski definition) is 2. The number of nitrogens with one attached hydrogen (secondary N) is 1. The van der Waals surface area contributed by atoms with Crippen molar-refractivity contribution in [3.8, 4) is 0 Å². The largest absolute Gasteiger partial charge is 0.444 e. The Balaban J connectivity index is 1.88. The van der Waals surface area contributed by atoms with E-state index in [1.54, 1.807) is 0 Å². The second-order valence-electron chi connectivity index (χ2n) is 8.06. The van der Waals surface area contributed by atoms with Crippen LogP contribution in [-0.4, -0.2) is 27.8 Å². The molecule has 148 valence electrons. The number of benzene rings is 2. The Kier molecular flexibility index (Phi) is 5.58. The lowest BCUT2D eigenvalue weighted by molar-refractivity contribution is 0.0520. The fourth-order valence-electron chi connectivity index (χ4n) is 3.21. The number of ether oxygens (including phenoxy) is 1. The average Bonchev–Trinajstić information content (AvgIpc) is 2.94. The quantitative estimate of drug-likeness (QED) is 0.694. The number of carbonyl (C=O) groups excluding carboxylic acids is 1. The highest BCUT2D eigenvalue weighted by atomic mass is 16.6. The SMILES string of the molecule is Cc1ccc(CC(CNC(=O)OC(C)(C)C)n2c(N)nc3ccccc32)cc1. The van der Waals surface area contributed by atoms with Crippen molar-refractivity contribution in [1.29, 1.82) is 0 Å². The van der Waals surface area contributed by atoms with Crippen LogP contribution in [0.4, 0.5) is 10.7 Å². The first kappa shape index (κ1) is 19.7. The Hall–Kier alpha value is -3.02. The summed E-state index contributed by atoms with van der Waals surface area (Å²) in [6.45, 7) is 7.98. The van der Waals surface area contributed by atoms with Crippen molar-refractivity contribution in [2.75, 3.05) is 12.3 Å². The third kappa shape index (κ3) is 4.82. The van der Waals surface area contributed by atoms with Crippen molar-refractivity contribution in [3.63, 3.8) is 0 Å². The second-order valence-corrected chi connectivity index (χ2v) is 8.06. The number of nitrogens with two attached hydrogens (primary N) is 1. The molecule has 3 aromatic rings. The van der Waals surface area contributed by atoms with Crippen molar-refractivity contribution >= 4 is 23.1 Å². The van der Waals surface area contributed by atoms with Gasteiger partial charge < -0.3 is 20.4 Å². The van der Waals surface area contributed by atoms with Crippen LogP contribution < -0.4 is 11.1 Å². The topological polar surface area (TPSA) is 82.2 Å². The number of para-hydroxylation sites is 2. The van der Waals surface area contributed by atoms with E-state index in [0.717, 1.165) is 11.0 Å². The van der Waals surface area contributed by atoms with Crippen LogP contribution in [0.5, 0.6) is 0 Å². The molecule has 0 aliphatic rings. The van der Waals surface area contributed by atoms with Crippen LogP contribution >= 0.6 is 0 Å². The van der Waals surface area contributed by atoms with Crippen LogP contribution in [0.15, 0.2) is 48.5 Å². The number of amides is 1. The molecule has 6 heteroatoms. The summed E-state index contributed by atoms with van der Waals surface area (Å²) in [5, 5.41) is 2.89. The van der Waals surface area contributed by atoms with Crippen LogP contribution in [0.2, 0.25) is 0 Å². The Morgan fingerprint density at radius 1 is 1.18 bits per heavy atom. The number of nitrogens with zero attached hydrogens (tertiary/aromatic N) is 2. The van der Waals surface area contributed by atoms with Gasteiger partial charge in [-0.05, 0) is 51.8 Å². The van der Waals surface area contributed by atoms with Gasteiger partial charge in [-0.1, -0.05) is 42.0 Å². The summed E-state index contributed by atoms with van der Waals surface area (Å²) >= 11 is 0. The van der Waals surface area contributed by atoms with Crippen molar-refractivity contribution in [2.24, 2.45) is 0 Å². The Morgan fingerprint density at radius 2 is 1.86 bits per heavy atom. The molecule has 0 bridgehead atoms. The van der Waals surface area contributed by atoms with E-state index >= 15 is 0 Å². The molecule has 1 atom stereocenters. The number of fused-ring (bicyclic) bond motifs is 1. The van der Waals surface area contributed by atoms with Gasteiger partial charge in [-0.25, -0.2) is 9.78 Å². The van der Waals surface area contributed by atoms with Crippen LogP contribution in [-0.2, 0) is 11.2 Å². The van der Waals surface area contributed by atoms with E-state index in [1.807, 2.05) is 49.6 Å². The summed E-state index contributed by atoms with van der Waals surface area (Å²) in [6.07, 6.45) is 0.269. The molecule has 1 amide bonds. The van der Waals surface area contributed by atoms with Gasteiger partial charge in [0.15, 0.2) is 0 Å². The summed E-state index contributed by atoms with van der Waals surface area (Å²) in [7, 11) is 0. The maximum absolute atomic E-state index is 12.2. The van der Waals surface area contributed by atoms with Gasteiger partial charge >= 0.3 is 6.09 Å². The summed E-state index contributed by atoms with van der Waals surface area (Å²) < 4.78 is 7.38. The number of alkyl carbamates (subject to hydrolysis) is 1. The van der Waals surface area contributed by atoms with E-state index in [-0.39, 0.29) is 6.04 Å². The van der Waals surface area contributed by atoms with Crippen LogP contribution in [0.25, 0.3) is 11.0 Å². The molecule has 0 saturated heterocycles. The monoisotopic (exact) mass is 380 g/mol. The molecule has 28 heavy (non-hydrogen) atoms. The lowest BCUT2D eigenvalue weighted by atomic mass is 10.0. The molecule has 0 spiro atoms. The van der Waals surface area contributed by atoms with Gasteiger partial charge in [0.2, 0.25) is 5.95 Å². The molecule has 0 aliphatic heterocycles. The number of nitrogen functional groups attached to an aromatic ring is 1. The number of rotatable bonds is 5. The molecular weight excluding hydrogens is 352 g/mol. The molecule has 0 saturated carbocycles. The van der Waals surface area contributed by atoms with Crippen LogP contribution in [0, 0.1) is 6.92 Å². The summed E-state index contributed by atoms with van der Waals surface area (Å²) in [5.41, 5.74) is 9.86. The predicted molar refractivity (Wildman–Crippen MR) is 112 cm³/mol. The highest BCUT2D eigenvalue weighted by Gasteiger charge is 2.21. The van der Waals surface area contributed by atoms with E-state index in [1.165, 1.54) is 11.1 Å². The zero-order valence-electron chi connectivity index (χ0n) is 16.9. The van der Waals surface area contributed by atoms with Gasteiger partial charge in [-0.3, -0.25) is 0 Å². The minimum atomic E-state index is -0.544. The summed E-state index contributed by atoms with van der Waals surface area (Å²) in [4.78, 5) is 16.7. The fraction of sp³-hybridized carbons (Fsp3) is 0.364. The van der Waals surface area contributed by atoms with Crippen molar-refractivity contribution in [2.45, 2.75) is 45.8 Å². The predicted octanol–water partition coefficient (Wildman–Crippen LogP) is 4.24. The number of hydrogen-bond acceptors (Lipinski definition) is 4. The molecule has 0 fully saturated rings. The smallest absolute Gasteiger partial charge is 0.407 e. The second kappa shape index (κ2) is 7.92. The minimum absolute atomic E-state index is 0.0948. The standard InChI is InChI=1S/C22H28N4O2/c1-15-9-11-16(12-10-15)13-17(14-24-21(27)28-22(2,3)4)26-19-8-6-5-7-18(19)25-20(26)23/h5-12,17H,13-14H2,1-4H3,(H2,23,25)(H,24,27).